The summed E-state index contributed by atoms with van der Waals surface area (Å²) >= 11 is 5.33. The maximum absolute atomic E-state index is 5.26. The number of aromatic nitrogens is 1. The first kappa shape index (κ1) is 13.1. The summed E-state index contributed by atoms with van der Waals surface area (Å²) in [5.74, 6) is 1.49. The van der Waals surface area contributed by atoms with Gasteiger partial charge in [0.25, 0.3) is 0 Å². The predicted molar refractivity (Wildman–Crippen MR) is 82.1 cm³/mol. The number of methoxy groups -OCH3 is 1. The third kappa shape index (κ3) is 2.42. The molecule has 1 fully saturated rings. The van der Waals surface area contributed by atoms with E-state index in [0.717, 1.165) is 33.9 Å². The van der Waals surface area contributed by atoms with Crippen LogP contribution in [0.4, 0.5) is 0 Å². The van der Waals surface area contributed by atoms with Crippen molar-refractivity contribution in [2.45, 2.75) is 12.8 Å². The molecule has 0 bridgehead atoms. The Labute approximate surface area is 125 Å². The number of ether oxygens (including phenoxy) is 1. The molecule has 3 rings (SSSR count). The number of halogens is 1. The molecule has 0 unspecified atom stereocenters. The fourth-order valence-corrected chi connectivity index (χ4v) is 3.89. The molecule has 1 saturated heterocycles. The van der Waals surface area contributed by atoms with E-state index >= 15 is 0 Å². The highest BCUT2D eigenvalue weighted by Crippen LogP contribution is 2.36. The largest absolute Gasteiger partial charge is 0.496 e. The molecule has 2 heterocycles. The standard InChI is InChI=1S/C14H15BrN2OS/c1-8-13(10-6-16-7-10)19-14(17-8)9-3-4-12(18-2)11(15)5-9/h3-5,10,16H,6-7H2,1-2H3. The van der Waals surface area contributed by atoms with Crippen LogP contribution in [0.25, 0.3) is 10.6 Å². The highest BCUT2D eigenvalue weighted by atomic mass is 79.9. The van der Waals surface area contributed by atoms with Crippen molar-refractivity contribution in [3.8, 4) is 16.3 Å². The SMILES string of the molecule is COc1ccc(-c2nc(C)c(C3CNC3)s2)cc1Br. The average Bonchev–Trinajstić information content (AvgIpc) is 2.69. The highest BCUT2D eigenvalue weighted by Gasteiger charge is 2.24. The summed E-state index contributed by atoms with van der Waals surface area (Å²) in [6.07, 6.45) is 0. The molecule has 0 spiro atoms. The Balaban J connectivity index is 1.95. The first-order chi connectivity index (χ1) is 9.19. The number of hydrogen-bond acceptors (Lipinski definition) is 4. The molecular weight excluding hydrogens is 324 g/mol. The van der Waals surface area contributed by atoms with Gasteiger partial charge < -0.3 is 10.1 Å². The third-order valence-corrected chi connectivity index (χ3v) is 5.37. The van der Waals surface area contributed by atoms with Crippen LogP contribution >= 0.6 is 27.3 Å². The summed E-state index contributed by atoms with van der Waals surface area (Å²) in [7, 11) is 1.68. The van der Waals surface area contributed by atoms with Crippen molar-refractivity contribution in [2.24, 2.45) is 0 Å². The Hall–Kier alpha value is -0.910. The Morgan fingerprint density at radius 3 is 2.79 bits per heavy atom. The lowest BCUT2D eigenvalue weighted by atomic mass is 10.0. The van der Waals surface area contributed by atoms with E-state index in [1.54, 1.807) is 18.4 Å². The Bertz CT molecular complexity index is 607. The number of aryl methyl sites for hydroxylation is 1. The lowest BCUT2D eigenvalue weighted by molar-refractivity contribution is 0.412. The lowest BCUT2D eigenvalue weighted by Crippen LogP contribution is -2.39. The fourth-order valence-electron chi connectivity index (χ4n) is 2.18. The van der Waals surface area contributed by atoms with Gasteiger partial charge in [0, 0.05) is 29.4 Å². The van der Waals surface area contributed by atoms with Gasteiger partial charge in [-0.15, -0.1) is 11.3 Å². The van der Waals surface area contributed by atoms with Gasteiger partial charge in [-0.3, -0.25) is 0 Å². The average molecular weight is 339 g/mol. The molecule has 1 N–H and O–H groups in total. The molecule has 1 aliphatic heterocycles. The van der Waals surface area contributed by atoms with Crippen LogP contribution in [-0.2, 0) is 0 Å². The summed E-state index contributed by atoms with van der Waals surface area (Å²) in [6, 6.07) is 6.10. The maximum atomic E-state index is 5.26. The zero-order valence-corrected chi connectivity index (χ0v) is 13.3. The lowest BCUT2D eigenvalue weighted by Gasteiger charge is -2.26. The molecular formula is C14H15BrN2OS. The second-order valence-corrected chi connectivity index (χ2v) is 6.56. The predicted octanol–water partition coefficient (Wildman–Crippen LogP) is 3.58. The summed E-state index contributed by atoms with van der Waals surface area (Å²) in [4.78, 5) is 6.13. The fraction of sp³-hybridized carbons (Fsp3) is 0.357. The Morgan fingerprint density at radius 1 is 1.42 bits per heavy atom. The van der Waals surface area contributed by atoms with E-state index < -0.39 is 0 Å². The van der Waals surface area contributed by atoms with Crippen LogP contribution in [0.15, 0.2) is 22.7 Å². The van der Waals surface area contributed by atoms with Crippen molar-refractivity contribution < 1.29 is 4.74 Å². The van der Waals surface area contributed by atoms with Gasteiger partial charge in [0.15, 0.2) is 0 Å². The van der Waals surface area contributed by atoms with Crippen LogP contribution in [0.3, 0.4) is 0 Å². The number of benzene rings is 1. The van der Waals surface area contributed by atoms with Crippen LogP contribution in [0.1, 0.15) is 16.5 Å². The van der Waals surface area contributed by atoms with E-state index in [4.69, 9.17) is 9.72 Å². The summed E-state index contributed by atoms with van der Waals surface area (Å²) in [5, 5.41) is 4.40. The second kappa shape index (κ2) is 5.23. The minimum absolute atomic E-state index is 0.646. The monoisotopic (exact) mass is 338 g/mol. The van der Waals surface area contributed by atoms with Gasteiger partial charge in [0.05, 0.1) is 17.3 Å². The van der Waals surface area contributed by atoms with E-state index in [0.29, 0.717) is 5.92 Å². The molecule has 0 aliphatic carbocycles. The quantitative estimate of drug-likeness (QED) is 0.928. The molecule has 19 heavy (non-hydrogen) atoms. The van der Waals surface area contributed by atoms with Gasteiger partial charge in [0.1, 0.15) is 10.8 Å². The molecule has 0 atom stereocenters. The van der Waals surface area contributed by atoms with Gasteiger partial charge in [-0.25, -0.2) is 4.98 Å². The van der Waals surface area contributed by atoms with Gasteiger partial charge in [-0.2, -0.15) is 0 Å². The van der Waals surface area contributed by atoms with Crippen molar-refractivity contribution in [1.29, 1.82) is 0 Å². The first-order valence-electron chi connectivity index (χ1n) is 6.21. The molecule has 0 saturated carbocycles. The zero-order valence-electron chi connectivity index (χ0n) is 10.9. The zero-order chi connectivity index (χ0) is 13.4. The number of nitrogens with zero attached hydrogens (tertiary/aromatic N) is 1. The Kier molecular flexibility index (Phi) is 3.60. The van der Waals surface area contributed by atoms with Crippen LogP contribution < -0.4 is 10.1 Å². The van der Waals surface area contributed by atoms with E-state index in [9.17, 15) is 0 Å². The maximum Gasteiger partial charge on any atom is 0.133 e. The number of nitrogens with one attached hydrogen (secondary N) is 1. The first-order valence-corrected chi connectivity index (χ1v) is 7.82. The molecule has 1 aliphatic rings. The van der Waals surface area contributed by atoms with Crippen molar-refractivity contribution in [3.05, 3.63) is 33.2 Å². The molecule has 2 aromatic rings. The molecule has 100 valence electrons. The number of hydrogen-bond donors (Lipinski definition) is 1. The molecule has 0 radical (unpaired) electrons. The molecule has 0 amide bonds. The normalized spacial score (nSPS) is 15.3. The topological polar surface area (TPSA) is 34.1 Å². The van der Waals surface area contributed by atoms with E-state index in [2.05, 4.69) is 40.3 Å². The van der Waals surface area contributed by atoms with Crippen molar-refractivity contribution in [3.63, 3.8) is 0 Å². The van der Waals surface area contributed by atoms with Crippen LogP contribution in [-0.4, -0.2) is 25.2 Å². The minimum atomic E-state index is 0.646. The third-order valence-electron chi connectivity index (χ3n) is 3.38. The summed E-state index contributed by atoms with van der Waals surface area (Å²) in [5.41, 5.74) is 2.30. The van der Waals surface area contributed by atoms with E-state index in [1.807, 2.05) is 6.07 Å². The number of rotatable bonds is 3. The highest BCUT2D eigenvalue weighted by molar-refractivity contribution is 9.10. The van der Waals surface area contributed by atoms with Gasteiger partial charge in [0.2, 0.25) is 0 Å². The van der Waals surface area contributed by atoms with Crippen molar-refractivity contribution in [1.82, 2.24) is 10.3 Å². The molecule has 1 aromatic heterocycles. The van der Waals surface area contributed by atoms with E-state index in [-0.39, 0.29) is 0 Å². The van der Waals surface area contributed by atoms with Crippen molar-refractivity contribution >= 4 is 27.3 Å². The second-order valence-electron chi connectivity index (χ2n) is 4.67. The summed E-state index contributed by atoms with van der Waals surface area (Å²) < 4.78 is 6.22. The molecule has 3 nitrogen and oxygen atoms in total. The summed E-state index contributed by atoms with van der Waals surface area (Å²) in [6.45, 7) is 4.26. The van der Waals surface area contributed by atoms with Crippen molar-refractivity contribution in [2.75, 3.05) is 20.2 Å². The van der Waals surface area contributed by atoms with Gasteiger partial charge in [-0.05, 0) is 41.1 Å². The van der Waals surface area contributed by atoms with Crippen LogP contribution in [0.2, 0.25) is 0 Å². The minimum Gasteiger partial charge on any atom is -0.496 e. The smallest absolute Gasteiger partial charge is 0.133 e. The molecule has 5 heteroatoms. The Morgan fingerprint density at radius 2 is 2.21 bits per heavy atom. The van der Waals surface area contributed by atoms with Gasteiger partial charge >= 0.3 is 0 Å². The molecule has 1 aromatic carbocycles. The van der Waals surface area contributed by atoms with Gasteiger partial charge in [-0.1, -0.05) is 0 Å². The van der Waals surface area contributed by atoms with Crippen LogP contribution in [0.5, 0.6) is 5.75 Å². The van der Waals surface area contributed by atoms with Crippen LogP contribution in [0, 0.1) is 6.92 Å². The van der Waals surface area contributed by atoms with E-state index in [1.165, 1.54) is 10.6 Å². The number of thiazole rings is 1.